The van der Waals surface area contributed by atoms with Crippen molar-refractivity contribution in [3.63, 3.8) is 0 Å². The third-order valence-corrected chi connectivity index (χ3v) is 4.44. The normalized spacial score (nSPS) is 14.9. The van der Waals surface area contributed by atoms with Crippen LogP contribution in [0, 0.1) is 0 Å². The van der Waals surface area contributed by atoms with Crippen LogP contribution in [0.25, 0.3) is 0 Å². The summed E-state index contributed by atoms with van der Waals surface area (Å²) >= 11 is 0. The second-order valence-corrected chi connectivity index (χ2v) is 6.69. The van der Waals surface area contributed by atoms with Gasteiger partial charge in [0.25, 0.3) is 5.91 Å². The summed E-state index contributed by atoms with van der Waals surface area (Å²) in [5.41, 5.74) is 2.85. The molecular weight excluding hydrogens is 372 g/mol. The summed E-state index contributed by atoms with van der Waals surface area (Å²) in [5.74, 6) is 2.11. The van der Waals surface area contributed by atoms with Crippen molar-refractivity contribution < 1.29 is 23.8 Å². The molecule has 1 heterocycles. The van der Waals surface area contributed by atoms with Crippen LogP contribution >= 0.6 is 0 Å². The molecule has 1 atom stereocenters. The highest BCUT2D eigenvalue weighted by Gasteiger charge is 2.22. The number of nitrogens with zero attached hydrogens (tertiary/aromatic N) is 1. The van der Waals surface area contributed by atoms with Crippen LogP contribution < -0.4 is 19.5 Å². The molecule has 0 aromatic heterocycles. The second kappa shape index (κ2) is 9.82. The molecular formula is C22H26N2O5. The fourth-order valence-corrected chi connectivity index (χ4v) is 3.04. The van der Waals surface area contributed by atoms with E-state index in [1.54, 1.807) is 13.3 Å². The monoisotopic (exact) mass is 398 g/mol. The van der Waals surface area contributed by atoms with E-state index >= 15 is 0 Å². The lowest BCUT2D eigenvalue weighted by Crippen LogP contribution is -2.26. The van der Waals surface area contributed by atoms with Gasteiger partial charge >= 0.3 is 0 Å². The molecule has 0 aliphatic carbocycles. The molecule has 7 nitrogen and oxygen atoms in total. The van der Waals surface area contributed by atoms with Crippen LogP contribution in [-0.4, -0.2) is 38.5 Å². The maximum Gasteiger partial charge on any atom is 0.261 e. The SMILES string of the molecule is CCOc1cc2c(cc1CNC(=O)CO/N=C\c1ccc(OC)cc1)O[C@H](C)C2. The lowest BCUT2D eigenvalue weighted by atomic mass is 10.1. The van der Waals surface area contributed by atoms with Crippen molar-refractivity contribution in [1.82, 2.24) is 5.32 Å². The molecule has 0 saturated heterocycles. The minimum absolute atomic E-state index is 0.154. The number of hydrogen-bond donors (Lipinski definition) is 1. The second-order valence-electron chi connectivity index (χ2n) is 6.69. The highest BCUT2D eigenvalue weighted by Crippen LogP contribution is 2.35. The highest BCUT2D eigenvalue weighted by atomic mass is 16.6. The first-order valence-corrected chi connectivity index (χ1v) is 9.60. The summed E-state index contributed by atoms with van der Waals surface area (Å²) < 4.78 is 16.6. The van der Waals surface area contributed by atoms with Gasteiger partial charge < -0.3 is 24.4 Å². The van der Waals surface area contributed by atoms with E-state index in [2.05, 4.69) is 10.5 Å². The lowest BCUT2D eigenvalue weighted by Gasteiger charge is -2.13. The molecule has 0 spiro atoms. The van der Waals surface area contributed by atoms with Gasteiger partial charge in [0, 0.05) is 24.1 Å². The Balaban J connectivity index is 1.50. The molecule has 0 unspecified atom stereocenters. The molecule has 0 fully saturated rings. The first-order chi connectivity index (χ1) is 14.1. The Morgan fingerprint density at radius 1 is 1.31 bits per heavy atom. The van der Waals surface area contributed by atoms with E-state index in [0.29, 0.717) is 13.2 Å². The molecule has 1 amide bonds. The third-order valence-electron chi connectivity index (χ3n) is 4.44. The maximum absolute atomic E-state index is 12.1. The molecule has 1 N–H and O–H groups in total. The Morgan fingerprint density at radius 2 is 2.10 bits per heavy atom. The van der Waals surface area contributed by atoms with Crippen LogP contribution in [0.5, 0.6) is 17.2 Å². The molecule has 0 bridgehead atoms. The topological polar surface area (TPSA) is 78.4 Å². The Morgan fingerprint density at radius 3 is 2.83 bits per heavy atom. The van der Waals surface area contributed by atoms with Crippen molar-refractivity contribution in [2.45, 2.75) is 32.9 Å². The number of rotatable bonds is 9. The number of carbonyl (C=O) groups is 1. The average molecular weight is 398 g/mol. The van der Waals surface area contributed by atoms with Crippen LogP contribution in [0.15, 0.2) is 41.6 Å². The Labute approximate surface area is 170 Å². The quantitative estimate of drug-likeness (QED) is 0.519. The van der Waals surface area contributed by atoms with Crippen molar-refractivity contribution >= 4 is 12.1 Å². The molecule has 7 heteroatoms. The van der Waals surface area contributed by atoms with Gasteiger partial charge in [-0.1, -0.05) is 5.16 Å². The Hall–Kier alpha value is -3.22. The van der Waals surface area contributed by atoms with Crippen molar-refractivity contribution in [1.29, 1.82) is 0 Å². The van der Waals surface area contributed by atoms with Gasteiger partial charge in [-0.15, -0.1) is 0 Å². The number of ether oxygens (including phenoxy) is 3. The number of carbonyl (C=O) groups excluding carboxylic acids is 1. The number of nitrogens with one attached hydrogen (secondary N) is 1. The number of oxime groups is 1. The number of benzene rings is 2. The fraction of sp³-hybridized carbons (Fsp3) is 0.364. The maximum atomic E-state index is 12.1. The van der Waals surface area contributed by atoms with Crippen LogP contribution in [0.4, 0.5) is 0 Å². The standard InChI is InChI=1S/C22H26N2O5/c1-4-27-20-10-17-9-15(2)29-21(17)11-18(20)13-23-22(25)14-28-24-12-16-5-7-19(26-3)8-6-16/h5-8,10-12,15H,4,9,13-14H2,1-3H3,(H,23,25)/b24-12-/t15-/m1/s1. The smallest absolute Gasteiger partial charge is 0.261 e. The minimum atomic E-state index is -0.269. The van der Waals surface area contributed by atoms with E-state index in [1.165, 1.54) is 0 Å². The summed E-state index contributed by atoms with van der Waals surface area (Å²) in [6, 6.07) is 11.3. The largest absolute Gasteiger partial charge is 0.497 e. The zero-order valence-corrected chi connectivity index (χ0v) is 16.9. The summed E-state index contributed by atoms with van der Waals surface area (Å²) in [6.07, 6.45) is 2.56. The third kappa shape index (κ3) is 5.63. The van der Waals surface area contributed by atoms with Crippen LogP contribution in [0.3, 0.4) is 0 Å². The average Bonchev–Trinajstić information content (AvgIpc) is 3.09. The van der Waals surface area contributed by atoms with Gasteiger partial charge in [0.05, 0.1) is 19.9 Å². The van der Waals surface area contributed by atoms with Gasteiger partial charge in [0.15, 0.2) is 6.61 Å². The van der Waals surface area contributed by atoms with Gasteiger partial charge in [0.1, 0.15) is 23.4 Å². The number of hydrogen-bond acceptors (Lipinski definition) is 6. The molecule has 3 rings (SSSR count). The van der Waals surface area contributed by atoms with Crippen molar-refractivity contribution in [2.75, 3.05) is 20.3 Å². The first-order valence-electron chi connectivity index (χ1n) is 9.60. The van der Waals surface area contributed by atoms with Crippen molar-refractivity contribution in [2.24, 2.45) is 5.16 Å². The number of methoxy groups -OCH3 is 1. The van der Waals surface area contributed by atoms with Gasteiger partial charge in [-0.3, -0.25) is 4.79 Å². The van der Waals surface area contributed by atoms with E-state index in [4.69, 9.17) is 19.0 Å². The minimum Gasteiger partial charge on any atom is -0.497 e. The van der Waals surface area contributed by atoms with Gasteiger partial charge in [-0.2, -0.15) is 0 Å². The molecule has 2 aromatic carbocycles. The molecule has 154 valence electrons. The van der Waals surface area contributed by atoms with Crippen LogP contribution in [0.2, 0.25) is 0 Å². The van der Waals surface area contributed by atoms with Crippen molar-refractivity contribution in [3.8, 4) is 17.2 Å². The molecule has 1 aliphatic rings. The zero-order valence-electron chi connectivity index (χ0n) is 16.9. The first kappa shape index (κ1) is 20.5. The van der Waals surface area contributed by atoms with Gasteiger partial charge in [-0.05, 0) is 55.8 Å². The summed E-state index contributed by atoms with van der Waals surface area (Å²) in [7, 11) is 1.61. The van der Waals surface area contributed by atoms with Crippen molar-refractivity contribution in [3.05, 3.63) is 53.1 Å². The predicted molar refractivity (Wildman–Crippen MR) is 110 cm³/mol. The summed E-state index contributed by atoms with van der Waals surface area (Å²) in [5, 5.41) is 6.65. The van der Waals surface area contributed by atoms with E-state index in [0.717, 1.165) is 40.4 Å². The highest BCUT2D eigenvalue weighted by molar-refractivity contribution is 5.80. The molecule has 0 radical (unpaired) electrons. The predicted octanol–water partition coefficient (Wildman–Crippen LogP) is 3.08. The molecule has 2 aromatic rings. The lowest BCUT2D eigenvalue weighted by molar-refractivity contribution is -0.125. The van der Waals surface area contributed by atoms with Gasteiger partial charge in [-0.25, -0.2) is 0 Å². The number of fused-ring (bicyclic) bond motifs is 1. The molecule has 1 aliphatic heterocycles. The molecule has 0 saturated carbocycles. The van der Waals surface area contributed by atoms with Crippen LogP contribution in [0.1, 0.15) is 30.5 Å². The van der Waals surface area contributed by atoms with E-state index in [-0.39, 0.29) is 18.6 Å². The molecule has 29 heavy (non-hydrogen) atoms. The zero-order chi connectivity index (χ0) is 20.6. The van der Waals surface area contributed by atoms with Gasteiger partial charge in [0.2, 0.25) is 0 Å². The Kier molecular flexibility index (Phi) is 6.94. The van der Waals surface area contributed by atoms with Crippen LogP contribution in [-0.2, 0) is 22.6 Å². The van der Waals surface area contributed by atoms with E-state index in [9.17, 15) is 4.79 Å². The fourth-order valence-electron chi connectivity index (χ4n) is 3.04. The summed E-state index contributed by atoms with van der Waals surface area (Å²) in [4.78, 5) is 17.1. The van der Waals surface area contributed by atoms with E-state index in [1.807, 2.05) is 50.2 Å². The van der Waals surface area contributed by atoms with E-state index < -0.39 is 0 Å². The Bertz CT molecular complexity index is 864. The number of amides is 1. The summed E-state index contributed by atoms with van der Waals surface area (Å²) in [6.45, 7) is 4.67.